The van der Waals surface area contributed by atoms with Crippen molar-refractivity contribution in [2.75, 3.05) is 18.1 Å². The topological polar surface area (TPSA) is 63.4 Å². The molecule has 20 heavy (non-hydrogen) atoms. The van der Waals surface area contributed by atoms with Crippen LogP contribution in [-0.4, -0.2) is 40.8 Å². The van der Waals surface area contributed by atoms with Crippen LogP contribution in [0, 0.1) is 17.8 Å². The van der Waals surface area contributed by atoms with Gasteiger partial charge >= 0.3 is 0 Å². The number of nitrogens with zero attached hydrogens (tertiary/aromatic N) is 1. The summed E-state index contributed by atoms with van der Waals surface area (Å²) in [5.41, 5.74) is 5.10. The van der Waals surface area contributed by atoms with Gasteiger partial charge in [-0.25, -0.2) is 0 Å². The third-order valence-corrected chi connectivity index (χ3v) is 5.20. The summed E-state index contributed by atoms with van der Waals surface area (Å²) in [7, 11) is 0. The van der Waals surface area contributed by atoms with E-state index in [1.54, 1.807) is 0 Å². The van der Waals surface area contributed by atoms with Crippen LogP contribution in [0.5, 0.6) is 0 Å². The molecule has 0 aliphatic heterocycles. The quantitative estimate of drug-likeness (QED) is 0.727. The van der Waals surface area contributed by atoms with E-state index in [1.807, 2.05) is 4.90 Å². The molecule has 4 nitrogen and oxygen atoms in total. The van der Waals surface area contributed by atoms with Crippen LogP contribution in [-0.2, 0) is 9.59 Å². The monoisotopic (exact) mass is 296 g/mol. The normalized spacial score (nSPS) is 27.2. The number of thioether (sulfide) groups is 1. The summed E-state index contributed by atoms with van der Waals surface area (Å²) in [5, 5.41) is 0. The van der Waals surface area contributed by atoms with Gasteiger partial charge in [0, 0.05) is 12.6 Å². The molecule has 0 saturated heterocycles. The highest BCUT2D eigenvalue weighted by Crippen LogP contribution is 2.43. The third-order valence-electron chi connectivity index (χ3n) is 4.26. The lowest BCUT2D eigenvalue weighted by molar-refractivity contribution is -0.130. The zero-order valence-corrected chi connectivity index (χ0v) is 13.1. The number of hydrogen-bond donors (Lipinski definition) is 1. The smallest absolute Gasteiger partial charge is 0.232 e. The second-order valence-electron chi connectivity index (χ2n) is 6.14. The summed E-state index contributed by atoms with van der Waals surface area (Å²) in [6.07, 6.45) is 7.13. The van der Waals surface area contributed by atoms with Crippen LogP contribution in [0.2, 0.25) is 0 Å². The van der Waals surface area contributed by atoms with E-state index >= 15 is 0 Å². The molecule has 0 aromatic rings. The van der Waals surface area contributed by atoms with Crippen molar-refractivity contribution in [3.05, 3.63) is 12.2 Å². The Kier molecular flexibility index (Phi) is 5.13. The summed E-state index contributed by atoms with van der Waals surface area (Å²) in [6.45, 7) is 4.96. The minimum Gasteiger partial charge on any atom is -0.369 e. The highest BCUT2D eigenvalue weighted by atomic mass is 32.2. The van der Waals surface area contributed by atoms with Crippen molar-refractivity contribution in [2.24, 2.45) is 23.5 Å². The number of carbonyl (C=O) groups excluding carboxylic acids is 2. The van der Waals surface area contributed by atoms with Crippen molar-refractivity contribution in [3.8, 4) is 0 Å². The van der Waals surface area contributed by atoms with Gasteiger partial charge in [-0.3, -0.25) is 9.59 Å². The first-order chi connectivity index (χ1) is 9.47. The van der Waals surface area contributed by atoms with Gasteiger partial charge in [0.1, 0.15) is 0 Å². The first-order valence-corrected chi connectivity index (χ1v) is 8.46. The molecule has 3 atom stereocenters. The number of allylic oxidation sites excluding steroid dienone is 2. The van der Waals surface area contributed by atoms with Gasteiger partial charge in [0.15, 0.2) is 0 Å². The van der Waals surface area contributed by atoms with Gasteiger partial charge in [0.25, 0.3) is 0 Å². The molecule has 2 aliphatic rings. The molecule has 2 N–H and O–H groups in total. The maximum Gasteiger partial charge on any atom is 0.232 e. The van der Waals surface area contributed by atoms with Crippen LogP contribution < -0.4 is 5.73 Å². The van der Waals surface area contributed by atoms with Gasteiger partial charge < -0.3 is 10.6 Å². The minimum atomic E-state index is -0.364. The van der Waals surface area contributed by atoms with Crippen LogP contribution in [0.1, 0.15) is 26.7 Å². The molecule has 0 aromatic carbocycles. The van der Waals surface area contributed by atoms with E-state index in [0.29, 0.717) is 17.6 Å². The van der Waals surface area contributed by atoms with Gasteiger partial charge in [-0.2, -0.15) is 0 Å². The van der Waals surface area contributed by atoms with E-state index in [-0.39, 0.29) is 23.6 Å². The summed E-state index contributed by atoms with van der Waals surface area (Å²) in [4.78, 5) is 25.0. The average Bonchev–Trinajstić information content (AvgIpc) is 2.96. The zero-order valence-electron chi connectivity index (χ0n) is 12.2. The Labute approximate surface area is 125 Å². The molecule has 0 unspecified atom stereocenters. The standard InChI is InChI=1S/C15H24N2O2S/c1-10(2)17(15(19)9-20-8-14(16)18)7-13-6-11-3-4-12(13)5-11/h3-4,10-13H,5-9H2,1-2H3,(H2,16,18)/t11-,12-,13-/m0/s1. The third kappa shape index (κ3) is 3.78. The number of nitrogens with two attached hydrogens (primary N) is 1. The summed E-state index contributed by atoms with van der Waals surface area (Å²) in [5.74, 6) is 2.32. The molecule has 5 heteroatoms. The largest absolute Gasteiger partial charge is 0.369 e. The van der Waals surface area contributed by atoms with E-state index < -0.39 is 0 Å². The van der Waals surface area contributed by atoms with Crippen LogP contribution >= 0.6 is 11.8 Å². The lowest BCUT2D eigenvalue weighted by Gasteiger charge is -2.31. The number of hydrogen-bond acceptors (Lipinski definition) is 3. The van der Waals surface area contributed by atoms with Crippen LogP contribution in [0.15, 0.2) is 12.2 Å². The summed E-state index contributed by atoms with van der Waals surface area (Å²) >= 11 is 1.31. The Morgan fingerprint density at radius 2 is 2.05 bits per heavy atom. The highest BCUT2D eigenvalue weighted by Gasteiger charge is 2.37. The van der Waals surface area contributed by atoms with Crippen molar-refractivity contribution < 1.29 is 9.59 Å². The first kappa shape index (κ1) is 15.4. The predicted octanol–water partition coefficient (Wildman–Crippen LogP) is 1.65. The van der Waals surface area contributed by atoms with E-state index in [2.05, 4.69) is 26.0 Å². The molecule has 2 amide bonds. The fraction of sp³-hybridized carbons (Fsp3) is 0.733. The van der Waals surface area contributed by atoms with Crippen molar-refractivity contribution in [3.63, 3.8) is 0 Å². The van der Waals surface area contributed by atoms with E-state index in [4.69, 9.17) is 5.73 Å². The van der Waals surface area contributed by atoms with Crippen molar-refractivity contribution in [1.29, 1.82) is 0 Å². The molecular weight excluding hydrogens is 272 g/mol. The van der Waals surface area contributed by atoms with Crippen LogP contribution in [0.25, 0.3) is 0 Å². The number of primary amides is 1. The van der Waals surface area contributed by atoms with Crippen LogP contribution in [0.4, 0.5) is 0 Å². The maximum atomic E-state index is 12.3. The zero-order chi connectivity index (χ0) is 14.7. The van der Waals surface area contributed by atoms with Crippen molar-refractivity contribution >= 4 is 23.6 Å². The van der Waals surface area contributed by atoms with E-state index in [0.717, 1.165) is 12.5 Å². The summed E-state index contributed by atoms with van der Waals surface area (Å²) in [6, 6.07) is 0.208. The maximum absolute atomic E-state index is 12.3. The summed E-state index contributed by atoms with van der Waals surface area (Å²) < 4.78 is 0. The molecule has 0 radical (unpaired) electrons. The number of amides is 2. The number of rotatable bonds is 7. The van der Waals surface area contributed by atoms with E-state index in [1.165, 1.54) is 24.6 Å². The van der Waals surface area contributed by atoms with Gasteiger partial charge in [0.05, 0.1) is 11.5 Å². The molecule has 112 valence electrons. The van der Waals surface area contributed by atoms with E-state index in [9.17, 15) is 9.59 Å². The molecule has 2 rings (SSSR count). The highest BCUT2D eigenvalue weighted by molar-refractivity contribution is 8.00. The van der Waals surface area contributed by atoms with Crippen LogP contribution in [0.3, 0.4) is 0 Å². The lowest BCUT2D eigenvalue weighted by Crippen LogP contribution is -2.42. The Morgan fingerprint density at radius 1 is 1.30 bits per heavy atom. The van der Waals surface area contributed by atoms with Gasteiger partial charge in [-0.15, -0.1) is 11.8 Å². The first-order valence-electron chi connectivity index (χ1n) is 7.31. The van der Waals surface area contributed by atoms with Gasteiger partial charge in [-0.1, -0.05) is 12.2 Å². The lowest BCUT2D eigenvalue weighted by atomic mass is 9.92. The van der Waals surface area contributed by atoms with Crippen molar-refractivity contribution in [2.45, 2.75) is 32.7 Å². The predicted molar refractivity (Wildman–Crippen MR) is 82.2 cm³/mol. The molecule has 0 spiro atoms. The Hall–Kier alpha value is -0.970. The number of fused-ring (bicyclic) bond motifs is 2. The van der Waals surface area contributed by atoms with Crippen molar-refractivity contribution in [1.82, 2.24) is 4.90 Å². The number of carbonyl (C=O) groups is 2. The molecular formula is C15H24N2O2S. The fourth-order valence-electron chi connectivity index (χ4n) is 3.28. The van der Waals surface area contributed by atoms with Gasteiger partial charge in [0.2, 0.25) is 11.8 Å². The average molecular weight is 296 g/mol. The Balaban J connectivity index is 1.85. The molecule has 2 aliphatic carbocycles. The SMILES string of the molecule is CC(C)N(C[C@@H]1C[C@H]2C=C[C@H]1C2)C(=O)CSCC(N)=O. The molecule has 2 bridgehead atoms. The second-order valence-corrected chi connectivity index (χ2v) is 7.12. The molecule has 0 heterocycles. The fourth-order valence-corrected chi connectivity index (χ4v) is 3.92. The molecule has 0 aromatic heterocycles. The minimum absolute atomic E-state index is 0.123. The Morgan fingerprint density at radius 3 is 2.55 bits per heavy atom. The Bertz CT molecular complexity index is 409. The molecule has 1 saturated carbocycles. The second kappa shape index (κ2) is 6.66. The van der Waals surface area contributed by atoms with Gasteiger partial charge in [-0.05, 0) is 44.4 Å². The molecule has 1 fully saturated rings.